The van der Waals surface area contributed by atoms with E-state index in [-0.39, 0.29) is 16.2 Å². The Kier molecular flexibility index (Phi) is 5.02. The van der Waals surface area contributed by atoms with Crippen LogP contribution in [0.2, 0.25) is 0 Å². The highest BCUT2D eigenvalue weighted by Gasteiger charge is 2.20. The minimum atomic E-state index is -3.93. The standard InChI is InChI=1S/C16H17NO5S/c1-11(12-6-4-3-5-7-12)22-16(18)14-10-13(23(17,19)20)8-9-15(14)21-2/h3-11H,1-2H3,(H2,17,19,20)/t11-/m0/s1. The van der Waals surface area contributed by atoms with Crippen LogP contribution in [-0.2, 0) is 14.8 Å². The van der Waals surface area contributed by atoms with E-state index in [0.29, 0.717) is 0 Å². The number of nitrogens with two attached hydrogens (primary N) is 1. The smallest absolute Gasteiger partial charge is 0.342 e. The van der Waals surface area contributed by atoms with Gasteiger partial charge in [0.1, 0.15) is 17.4 Å². The van der Waals surface area contributed by atoms with Crippen molar-refractivity contribution in [2.75, 3.05) is 7.11 Å². The van der Waals surface area contributed by atoms with Gasteiger partial charge in [0.15, 0.2) is 0 Å². The fraction of sp³-hybridized carbons (Fsp3) is 0.188. The van der Waals surface area contributed by atoms with Crippen LogP contribution in [0.15, 0.2) is 53.4 Å². The van der Waals surface area contributed by atoms with Crippen molar-refractivity contribution >= 4 is 16.0 Å². The molecule has 0 unspecified atom stereocenters. The first-order valence-electron chi connectivity index (χ1n) is 6.79. The Morgan fingerprint density at radius 1 is 1.13 bits per heavy atom. The minimum absolute atomic E-state index is 0.00167. The van der Waals surface area contributed by atoms with Gasteiger partial charge in [0.25, 0.3) is 0 Å². The van der Waals surface area contributed by atoms with E-state index in [9.17, 15) is 13.2 Å². The van der Waals surface area contributed by atoms with Crippen LogP contribution in [0.4, 0.5) is 0 Å². The molecule has 2 N–H and O–H groups in total. The molecular formula is C16H17NO5S. The monoisotopic (exact) mass is 335 g/mol. The number of hydrogen-bond donors (Lipinski definition) is 1. The van der Waals surface area contributed by atoms with Gasteiger partial charge in [-0.25, -0.2) is 18.4 Å². The zero-order valence-corrected chi connectivity index (χ0v) is 13.5. The highest BCUT2D eigenvalue weighted by molar-refractivity contribution is 7.89. The van der Waals surface area contributed by atoms with Crippen LogP contribution in [0.1, 0.15) is 28.9 Å². The summed E-state index contributed by atoms with van der Waals surface area (Å²) in [6, 6.07) is 13.0. The maximum Gasteiger partial charge on any atom is 0.342 e. The summed E-state index contributed by atoms with van der Waals surface area (Å²) in [4.78, 5) is 12.2. The summed E-state index contributed by atoms with van der Waals surface area (Å²) in [6.07, 6.45) is -0.494. The molecular weight excluding hydrogens is 318 g/mol. The number of sulfonamides is 1. The van der Waals surface area contributed by atoms with Crippen LogP contribution in [0, 0.1) is 0 Å². The molecule has 0 aliphatic carbocycles. The molecule has 0 saturated heterocycles. The summed E-state index contributed by atoms with van der Waals surface area (Å²) in [5.74, 6) is -0.480. The Morgan fingerprint density at radius 2 is 1.78 bits per heavy atom. The lowest BCUT2D eigenvalue weighted by Crippen LogP contribution is -2.15. The van der Waals surface area contributed by atoms with Crippen molar-refractivity contribution in [3.8, 4) is 5.75 Å². The SMILES string of the molecule is COc1ccc(S(N)(=O)=O)cc1C(=O)O[C@@H](C)c1ccccc1. The number of carbonyl (C=O) groups is 1. The third kappa shape index (κ3) is 4.08. The van der Waals surface area contributed by atoms with Gasteiger partial charge in [0.05, 0.1) is 12.0 Å². The van der Waals surface area contributed by atoms with E-state index in [4.69, 9.17) is 14.6 Å². The summed E-state index contributed by atoms with van der Waals surface area (Å²) in [7, 11) is -2.55. The molecule has 1 atom stereocenters. The van der Waals surface area contributed by atoms with E-state index >= 15 is 0 Å². The highest BCUT2D eigenvalue weighted by Crippen LogP contribution is 2.25. The quantitative estimate of drug-likeness (QED) is 0.846. The van der Waals surface area contributed by atoms with Gasteiger partial charge in [0.2, 0.25) is 10.0 Å². The number of ether oxygens (including phenoxy) is 2. The third-order valence-corrected chi connectivity index (χ3v) is 4.18. The number of esters is 1. The first-order chi connectivity index (χ1) is 10.8. The fourth-order valence-electron chi connectivity index (χ4n) is 2.04. The van der Waals surface area contributed by atoms with Crippen LogP contribution in [-0.4, -0.2) is 21.5 Å². The van der Waals surface area contributed by atoms with Gasteiger partial charge >= 0.3 is 5.97 Å². The van der Waals surface area contributed by atoms with E-state index < -0.39 is 22.1 Å². The Balaban J connectivity index is 2.31. The molecule has 2 rings (SSSR count). The topological polar surface area (TPSA) is 95.7 Å². The molecule has 0 spiro atoms. The molecule has 7 heteroatoms. The summed E-state index contributed by atoms with van der Waals surface area (Å²) >= 11 is 0. The van der Waals surface area contributed by atoms with Crippen molar-refractivity contribution in [2.24, 2.45) is 5.14 Å². The average molecular weight is 335 g/mol. The molecule has 6 nitrogen and oxygen atoms in total. The maximum absolute atomic E-state index is 12.3. The van der Waals surface area contributed by atoms with Crippen LogP contribution < -0.4 is 9.88 Å². The van der Waals surface area contributed by atoms with Crippen molar-refractivity contribution in [3.63, 3.8) is 0 Å². The molecule has 0 aliphatic heterocycles. The molecule has 0 saturated carbocycles. The minimum Gasteiger partial charge on any atom is -0.496 e. The predicted molar refractivity (Wildman–Crippen MR) is 84.6 cm³/mol. The lowest BCUT2D eigenvalue weighted by Gasteiger charge is -2.15. The Bertz CT molecular complexity index is 802. The largest absolute Gasteiger partial charge is 0.496 e. The molecule has 122 valence electrons. The summed E-state index contributed by atoms with van der Waals surface area (Å²) in [5, 5.41) is 5.09. The van der Waals surface area contributed by atoms with Gasteiger partial charge < -0.3 is 9.47 Å². The molecule has 0 aromatic heterocycles. The lowest BCUT2D eigenvalue weighted by atomic mass is 10.1. The van der Waals surface area contributed by atoms with Crippen LogP contribution in [0.25, 0.3) is 0 Å². The van der Waals surface area contributed by atoms with E-state index in [1.165, 1.54) is 19.2 Å². The Labute approximate surface area is 134 Å². The van der Waals surface area contributed by atoms with Gasteiger partial charge in [-0.2, -0.15) is 0 Å². The summed E-state index contributed by atoms with van der Waals surface area (Å²) < 4.78 is 33.3. The van der Waals surface area contributed by atoms with Crippen LogP contribution >= 0.6 is 0 Å². The first kappa shape index (κ1) is 17.0. The van der Waals surface area contributed by atoms with Gasteiger partial charge in [-0.15, -0.1) is 0 Å². The van der Waals surface area contributed by atoms with Gasteiger partial charge in [-0.1, -0.05) is 30.3 Å². The third-order valence-electron chi connectivity index (χ3n) is 3.27. The van der Waals surface area contributed by atoms with Crippen LogP contribution in [0.3, 0.4) is 0 Å². The van der Waals surface area contributed by atoms with Crippen LogP contribution in [0.5, 0.6) is 5.75 Å². The molecule has 0 amide bonds. The van der Waals surface area contributed by atoms with Crippen molar-refractivity contribution < 1.29 is 22.7 Å². The second-order valence-corrected chi connectivity index (χ2v) is 6.43. The second kappa shape index (κ2) is 6.80. The van der Waals surface area contributed by atoms with Crippen molar-refractivity contribution in [2.45, 2.75) is 17.9 Å². The molecule has 0 radical (unpaired) electrons. The van der Waals surface area contributed by atoms with Crippen molar-refractivity contribution in [1.29, 1.82) is 0 Å². The maximum atomic E-state index is 12.3. The van der Waals surface area contributed by atoms with Gasteiger partial charge in [0, 0.05) is 0 Å². The summed E-state index contributed by atoms with van der Waals surface area (Å²) in [5.41, 5.74) is 0.823. The Morgan fingerprint density at radius 3 is 2.35 bits per heavy atom. The molecule has 0 heterocycles. The zero-order chi connectivity index (χ0) is 17.0. The molecule has 0 bridgehead atoms. The van der Waals surface area contributed by atoms with E-state index in [0.717, 1.165) is 11.6 Å². The first-order valence-corrected chi connectivity index (χ1v) is 8.34. The number of primary sulfonamides is 1. The normalized spacial score (nSPS) is 12.5. The van der Waals surface area contributed by atoms with E-state index in [2.05, 4.69) is 0 Å². The predicted octanol–water partition coefficient (Wildman–Crippen LogP) is 2.26. The fourth-order valence-corrected chi connectivity index (χ4v) is 2.58. The molecule has 2 aromatic carbocycles. The zero-order valence-electron chi connectivity index (χ0n) is 12.7. The number of rotatable bonds is 5. The van der Waals surface area contributed by atoms with Gasteiger partial charge in [-0.05, 0) is 30.7 Å². The number of methoxy groups -OCH3 is 1. The average Bonchev–Trinajstić information content (AvgIpc) is 2.54. The highest BCUT2D eigenvalue weighted by atomic mass is 32.2. The molecule has 0 aliphatic rings. The van der Waals surface area contributed by atoms with Gasteiger partial charge in [-0.3, -0.25) is 0 Å². The van der Waals surface area contributed by atoms with Crippen molar-refractivity contribution in [3.05, 3.63) is 59.7 Å². The second-order valence-electron chi connectivity index (χ2n) is 4.87. The molecule has 23 heavy (non-hydrogen) atoms. The Hall–Kier alpha value is -2.38. The molecule has 0 fully saturated rings. The lowest BCUT2D eigenvalue weighted by molar-refractivity contribution is 0.0334. The number of carbonyl (C=O) groups excluding carboxylic acids is 1. The summed E-state index contributed by atoms with van der Waals surface area (Å²) in [6.45, 7) is 1.73. The number of hydrogen-bond acceptors (Lipinski definition) is 5. The molecule has 2 aromatic rings. The van der Waals surface area contributed by atoms with E-state index in [1.54, 1.807) is 6.92 Å². The van der Waals surface area contributed by atoms with Crippen molar-refractivity contribution in [1.82, 2.24) is 0 Å². The van der Waals surface area contributed by atoms with E-state index in [1.807, 2.05) is 30.3 Å². The number of benzene rings is 2.